The lowest BCUT2D eigenvalue weighted by Crippen LogP contribution is -1.93. The van der Waals surface area contributed by atoms with E-state index in [9.17, 15) is 0 Å². The lowest BCUT2D eigenvalue weighted by Gasteiger charge is -2.04. The second-order valence-electron chi connectivity index (χ2n) is 4.14. The van der Waals surface area contributed by atoms with Gasteiger partial charge in [0, 0.05) is 23.7 Å². The normalized spacial score (nSPS) is 10.1. The fraction of sp³-hybridized carbons (Fsp3) is 0.250. The van der Waals surface area contributed by atoms with Crippen LogP contribution in [0.2, 0.25) is 0 Å². The summed E-state index contributed by atoms with van der Waals surface area (Å²) in [6, 6.07) is 10.3. The van der Waals surface area contributed by atoms with Gasteiger partial charge in [-0.1, -0.05) is 38.1 Å². The molecule has 0 saturated carbocycles. The van der Waals surface area contributed by atoms with Crippen LogP contribution in [-0.2, 0) is 6.42 Å². The minimum Gasteiger partial charge on any atom is -0.348 e. The predicted molar refractivity (Wildman–Crippen MR) is 79.2 cm³/mol. The Hall–Kier alpha value is -2.16. The van der Waals surface area contributed by atoms with Crippen molar-refractivity contribution in [3.63, 3.8) is 0 Å². The van der Waals surface area contributed by atoms with Crippen LogP contribution in [0.5, 0.6) is 0 Å². The van der Waals surface area contributed by atoms with E-state index in [0.717, 1.165) is 23.3 Å². The molecule has 3 aromatic rings. The first-order chi connectivity index (χ1) is 9.34. The molecular weight excluding hydrogens is 234 g/mol. The minimum atomic E-state index is 0.823. The van der Waals surface area contributed by atoms with Crippen molar-refractivity contribution in [2.45, 2.75) is 27.2 Å². The SMILES string of the molecule is CC.Cc1[nH]cnc1Cc1cccc2cccnc12. The van der Waals surface area contributed by atoms with Crippen LogP contribution < -0.4 is 0 Å². The summed E-state index contributed by atoms with van der Waals surface area (Å²) in [5.74, 6) is 0. The highest BCUT2D eigenvalue weighted by Crippen LogP contribution is 2.19. The molecule has 0 atom stereocenters. The molecule has 0 amide bonds. The van der Waals surface area contributed by atoms with Gasteiger partial charge >= 0.3 is 0 Å². The molecule has 0 bridgehead atoms. The van der Waals surface area contributed by atoms with Crippen molar-refractivity contribution in [1.82, 2.24) is 15.0 Å². The number of aromatic nitrogens is 3. The van der Waals surface area contributed by atoms with E-state index in [4.69, 9.17) is 0 Å². The highest BCUT2D eigenvalue weighted by Gasteiger charge is 2.06. The van der Waals surface area contributed by atoms with Crippen molar-refractivity contribution < 1.29 is 0 Å². The number of aryl methyl sites for hydroxylation is 1. The summed E-state index contributed by atoms with van der Waals surface area (Å²) in [6.07, 6.45) is 4.40. The van der Waals surface area contributed by atoms with E-state index in [0.29, 0.717) is 0 Å². The Bertz CT molecular complexity index is 650. The number of pyridine rings is 1. The Morgan fingerprint density at radius 1 is 1.05 bits per heavy atom. The number of rotatable bonds is 2. The molecule has 0 aliphatic rings. The van der Waals surface area contributed by atoms with Crippen molar-refractivity contribution in [2.24, 2.45) is 0 Å². The fourth-order valence-corrected chi connectivity index (χ4v) is 2.06. The third-order valence-electron chi connectivity index (χ3n) is 3.01. The summed E-state index contributed by atoms with van der Waals surface area (Å²) in [4.78, 5) is 11.9. The van der Waals surface area contributed by atoms with Crippen LogP contribution in [0.4, 0.5) is 0 Å². The number of hydrogen-bond donors (Lipinski definition) is 1. The topological polar surface area (TPSA) is 41.6 Å². The number of para-hydroxylation sites is 1. The lowest BCUT2D eigenvalue weighted by atomic mass is 10.0. The van der Waals surface area contributed by atoms with Gasteiger partial charge in [-0.15, -0.1) is 0 Å². The van der Waals surface area contributed by atoms with Crippen molar-refractivity contribution in [2.75, 3.05) is 0 Å². The van der Waals surface area contributed by atoms with E-state index in [1.54, 1.807) is 6.33 Å². The molecule has 3 heteroatoms. The molecule has 19 heavy (non-hydrogen) atoms. The fourth-order valence-electron chi connectivity index (χ4n) is 2.06. The maximum atomic E-state index is 4.45. The van der Waals surface area contributed by atoms with Gasteiger partial charge in [-0.25, -0.2) is 4.98 Å². The predicted octanol–water partition coefficient (Wildman–Crippen LogP) is 3.88. The molecule has 0 fully saturated rings. The summed E-state index contributed by atoms with van der Waals surface area (Å²) >= 11 is 0. The van der Waals surface area contributed by atoms with Crippen molar-refractivity contribution in [3.05, 3.63) is 59.8 Å². The van der Waals surface area contributed by atoms with Crippen LogP contribution in [0.25, 0.3) is 10.9 Å². The maximum Gasteiger partial charge on any atom is 0.0925 e. The smallest absolute Gasteiger partial charge is 0.0925 e. The van der Waals surface area contributed by atoms with Crippen LogP contribution >= 0.6 is 0 Å². The van der Waals surface area contributed by atoms with E-state index in [1.165, 1.54) is 10.9 Å². The molecule has 0 aliphatic carbocycles. The third kappa shape index (κ3) is 2.81. The molecule has 2 heterocycles. The molecule has 2 aromatic heterocycles. The molecule has 1 N–H and O–H groups in total. The first kappa shape index (κ1) is 13.3. The van der Waals surface area contributed by atoms with Crippen LogP contribution in [0.1, 0.15) is 30.8 Å². The van der Waals surface area contributed by atoms with E-state index in [2.05, 4.69) is 39.2 Å². The zero-order valence-corrected chi connectivity index (χ0v) is 11.6. The highest BCUT2D eigenvalue weighted by molar-refractivity contribution is 5.81. The van der Waals surface area contributed by atoms with Crippen LogP contribution in [-0.4, -0.2) is 15.0 Å². The standard InChI is InChI=1S/C14H13N3.C2H6/c1-10-13(17-9-16-10)8-12-5-2-4-11-6-3-7-15-14(11)12;1-2/h2-7,9H,8H2,1H3,(H,16,17);1-2H3. The molecule has 0 saturated heterocycles. The van der Waals surface area contributed by atoms with Gasteiger partial charge in [0.05, 0.1) is 17.5 Å². The highest BCUT2D eigenvalue weighted by atomic mass is 14.9. The number of nitrogens with one attached hydrogen (secondary N) is 1. The number of nitrogens with zero attached hydrogens (tertiary/aromatic N) is 2. The summed E-state index contributed by atoms with van der Waals surface area (Å²) in [7, 11) is 0. The molecule has 3 nitrogen and oxygen atoms in total. The number of benzene rings is 1. The molecule has 1 aromatic carbocycles. The monoisotopic (exact) mass is 253 g/mol. The quantitative estimate of drug-likeness (QED) is 0.753. The van der Waals surface area contributed by atoms with Crippen molar-refractivity contribution in [3.8, 4) is 0 Å². The lowest BCUT2D eigenvalue weighted by molar-refractivity contribution is 1.08. The molecule has 0 aliphatic heterocycles. The summed E-state index contributed by atoms with van der Waals surface area (Å²) < 4.78 is 0. The van der Waals surface area contributed by atoms with Crippen molar-refractivity contribution in [1.29, 1.82) is 0 Å². The van der Waals surface area contributed by atoms with Gasteiger partial charge in [-0.3, -0.25) is 4.98 Å². The van der Waals surface area contributed by atoms with E-state index < -0.39 is 0 Å². The second-order valence-corrected chi connectivity index (χ2v) is 4.14. The van der Waals surface area contributed by atoms with Gasteiger partial charge in [0.25, 0.3) is 0 Å². The summed E-state index contributed by atoms with van der Waals surface area (Å²) in [5, 5.41) is 1.18. The largest absolute Gasteiger partial charge is 0.348 e. The average Bonchev–Trinajstić information content (AvgIpc) is 2.87. The maximum absolute atomic E-state index is 4.45. The first-order valence-corrected chi connectivity index (χ1v) is 6.66. The summed E-state index contributed by atoms with van der Waals surface area (Å²) in [6.45, 7) is 6.04. The number of hydrogen-bond acceptors (Lipinski definition) is 2. The van der Waals surface area contributed by atoms with Gasteiger partial charge in [0.1, 0.15) is 0 Å². The van der Waals surface area contributed by atoms with Gasteiger partial charge in [-0.05, 0) is 18.6 Å². The molecule has 3 rings (SSSR count). The third-order valence-corrected chi connectivity index (χ3v) is 3.01. The molecule has 0 spiro atoms. The van der Waals surface area contributed by atoms with Crippen molar-refractivity contribution >= 4 is 10.9 Å². The zero-order valence-electron chi connectivity index (χ0n) is 11.6. The van der Waals surface area contributed by atoms with Gasteiger partial charge in [0.2, 0.25) is 0 Å². The Morgan fingerprint density at radius 3 is 2.58 bits per heavy atom. The number of imidazole rings is 1. The Kier molecular flexibility index (Phi) is 4.29. The Morgan fingerprint density at radius 2 is 1.84 bits per heavy atom. The van der Waals surface area contributed by atoms with Gasteiger partial charge in [0.15, 0.2) is 0 Å². The summed E-state index contributed by atoms with van der Waals surface area (Å²) in [5.41, 5.74) is 4.50. The van der Waals surface area contributed by atoms with E-state index in [-0.39, 0.29) is 0 Å². The second kappa shape index (κ2) is 6.14. The zero-order chi connectivity index (χ0) is 13.7. The van der Waals surface area contributed by atoms with E-state index in [1.807, 2.05) is 33.0 Å². The van der Waals surface area contributed by atoms with Crippen LogP contribution in [0.3, 0.4) is 0 Å². The minimum absolute atomic E-state index is 0.823. The average molecular weight is 253 g/mol. The molecule has 0 unspecified atom stereocenters. The molecular formula is C16H19N3. The Balaban J connectivity index is 0.000000637. The van der Waals surface area contributed by atoms with Gasteiger partial charge in [-0.2, -0.15) is 0 Å². The molecule has 0 radical (unpaired) electrons. The Labute approximate surface area is 113 Å². The number of fused-ring (bicyclic) bond motifs is 1. The molecule has 98 valence electrons. The van der Waals surface area contributed by atoms with Gasteiger partial charge < -0.3 is 4.98 Å². The number of H-pyrrole nitrogens is 1. The van der Waals surface area contributed by atoms with E-state index >= 15 is 0 Å². The first-order valence-electron chi connectivity index (χ1n) is 6.66. The number of aromatic amines is 1. The van der Waals surface area contributed by atoms with Crippen LogP contribution in [0, 0.1) is 6.92 Å². The van der Waals surface area contributed by atoms with Crippen LogP contribution in [0.15, 0.2) is 42.9 Å².